The number of aryl methyl sites for hydroxylation is 1. The van der Waals surface area contributed by atoms with Crippen molar-refractivity contribution in [3.05, 3.63) is 35.5 Å². The van der Waals surface area contributed by atoms with Crippen LogP contribution in [0.15, 0.2) is 24.3 Å². The second-order valence-electron chi connectivity index (χ2n) is 5.23. The maximum absolute atomic E-state index is 12.3. The standard InChI is InChI=1S/C15H18N2O2/c1-10-13(12-4-2-3-5-14(12)16-10)8-15(19)17-7-6-11(18)9-17/h2-5,11,16,18H,6-9H2,1H3. The van der Waals surface area contributed by atoms with E-state index >= 15 is 0 Å². The first-order chi connectivity index (χ1) is 9.15. The Bertz CT molecular complexity index is 618. The number of hydrogen-bond donors (Lipinski definition) is 2. The zero-order chi connectivity index (χ0) is 13.4. The molecule has 1 aromatic carbocycles. The number of H-pyrrole nitrogens is 1. The summed E-state index contributed by atoms with van der Waals surface area (Å²) in [6, 6.07) is 8.04. The summed E-state index contributed by atoms with van der Waals surface area (Å²) in [6.07, 6.45) is 0.745. The van der Waals surface area contributed by atoms with Crippen molar-refractivity contribution in [2.75, 3.05) is 13.1 Å². The summed E-state index contributed by atoms with van der Waals surface area (Å²) in [5.74, 6) is 0.101. The summed E-state index contributed by atoms with van der Waals surface area (Å²) in [5, 5.41) is 10.6. The Kier molecular flexibility index (Phi) is 3.03. The molecule has 1 amide bonds. The number of aliphatic hydroxyl groups excluding tert-OH is 1. The Morgan fingerprint density at radius 2 is 2.26 bits per heavy atom. The minimum absolute atomic E-state index is 0.101. The molecule has 2 aromatic rings. The molecule has 0 radical (unpaired) electrons. The van der Waals surface area contributed by atoms with Gasteiger partial charge in [0, 0.05) is 29.7 Å². The van der Waals surface area contributed by atoms with Crippen LogP contribution >= 0.6 is 0 Å². The van der Waals surface area contributed by atoms with Crippen molar-refractivity contribution in [3.63, 3.8) is 0 Å². The molecule has 1 aliphatic heterocycles. The van der Waals surface area contributed by atoms with Crippen LogP contribution in [0.25, 0.3) is 10.9 Å². The number of hydrogen-bond acceptors (Lipinski definition) is 2. The normalized spacial score (nSPS) is 19.3. The van der Waals surface area contributed by atoms with Gasteiger partial charge in [0.05, 0.1) is 12.5 Å². The van der Waals surface area contributed by atoms with Crippen molar-refractivity contribution in [2.45, 2.75) is 25.9 Å². The molecule has 0 saturated carbocycles. The molecule has 19 heavy (non-hydrogen) atoms. The fourth-order valence-corrected chi connectivity index (χ4v) is 2.79. The van der Waals surface area contributed by atoms with Crippen molar-refractivity contribution in [3.8, 4) is 0 Å². The van der Waals surface area contributed by atoms with E-state index in [9.17, 15) is 9.90 Å². The van der Waals surface area contributed by atoms with Gasteiger partial charge in [-0.15, -0.1) is 0 Å². The van der Waals surface area contributed by atoms with Crippen LogP contribution in [0, 0.1) is 6.92 Å². The van der Waals surface area contributed by atoms with Crippen LogP contribution in [0.3, 0.4) is 0 Å². The van der Waals surface area contributed by atoms with Gasteiger partial charge < -0.3 is 15.0 Å². The number of carbonyl (C=O) groups is 1. The van der Waals surface area contributed by atoms with Crippen molar-refractivity contribution >= 4 is 16.8 Å². The number of carbonyl (C=O) groups excluding carboxylic acids is 1. The van der Waals surface area contributed by atoms with E-state index in [1.807, 2.05) is 31.2 Å². The highest BCUT2D eigenvalue weighted by atomic mass is 16.3. The van der Waals surface area contributed by atoms with Crippen molar-refractivity contribution in [1.29, 1.82) is 0 Å². The number of aromatic amines is 1. The number of aliphatic hydroxyl groups is 1. The van der Waals surface area contributed by atoms with Crippen LogP contribution in [-0.2, 0) is 11.2 Å². The maximum atomic E-state index is 12.3. The van der Waals surface area contributed by atoms with Crippen LogP contribution in [0.1, 0.15) is 17.7 Å². The van der Waals surface area contributed by atoms with Gasteiger partial charge in [-0.25, -0.2) is 0 Å². The molecule has 1 aromatic heterocycles. The average Bonchev–Trinajstić information content (AvgIpc) is 2.95. The number of nitrogens with one attached hydrogen (secondary N) is 1. The van der Waals surface area contributed by atoms with E-state index in [1.54, 1.807) is 4.90 Å². The van der Waals surface area contributed by atoms with E-state index in [0.29, 0.717) is 25.9 Å². The fourth-order valence-electron chi connectivity index (χ4n) is 2.79. The van der Waals surface area contributed by atoms with E-state index in [0.717, 1.165) is 22.2 Å². The van der Waals surface area contributed by atoms with Gasteiger partial charge in [-0.1, -0.05) is 18.2 Å². The number of β-amino-alcohol motifs (C(OH)–C–C–N with tert-alkyl or cyclic N) is 1. The van der Waals surface area contributed by atoms with E-state index in [4.69, 9.17) is 0 Å². The Hall–Kier alpha value is -1.81. The molecule has 2 N–H and O–H groups in total. The lowest BCUT2D eigenvalue weighted by Gasteiger charge is -2.15. The number of amides is 1. The van der Waals surface area contributed by atoms with Gasteiger partial charge in [0.1, 0.15) is 0 Å². The zero-order valence-electron chi connectivity index (χ0n) is 11.0. The predicted molar refractivity (Wildman–Crippen MR) is 73.9 cm³/mol. The average molecular weight is 258 g/mol. The molecular weight excluding hydrogens is 240 g/mol. The zero-order valence-corrected chi connectivity index (χ0v) is 11.0. The third-order valence-corrected chi connectivity index (χ3v) is 3.87. The molecule has 1 aliphatic rings. The maximum Gasteiger partial charge on any atom is 0.227 e. The number of nitrogens with zero attached hydrogens (tertiary/aromatic N) is 1. The Morgan fingerprint density at radius 1 is 1.47 bits per heavy atom. The van der Waals surface area contributed by atoms with Crippen LogP contribution < -0.4 is 0 Å². The van der Waals surface area contributed by atoms with Crippen molar-refractivity contribution in [1.82, 2.24) is 9.88 Å². The minimum atomic E-state index is -0.354. The molecule has 1 fully saturated rings. The number of fused-ring (bicyclic) bond motifs is 1. The molecular formula is C15H18N2O2. The number of aromatic nitrogens is 1. The Labute approximate surface area is 112 Å². The lowest BCUT2D eigenvalue weighted by Crippen LogP contribution is -2.30. The predicted octanol–water partition coefficient (Wildman–Crippen LogP) is 1.61. The van der Waals surface area contributed by atoms with Gasteiger partial charge in [-0.2, -0.15) is 0 Å². The quantitative estimate of drug-likeness (QED) is 0.860. The van der Waals surface area contributed by atoms with E-state index in [1.165, 1.54) is 0 Å². The van der Waals surface area contributed by atoms with Crippen molar-refractivity contribution < 1.29 is 9.90 Å². The fraction of sp³-hybridized carbons (Fsp3) is 0.400. The molecule has 100 valence electrons. The summed E-state index contributed by atoms with van der Waals surface area (Å²) >= 11 is 0. The summed E-state index contributed by atoms with van der Waals surface area (Å²) < 4.78 is 0. The largest absolute Gasteiger partial charge is 0.391 e. The van der Waals surface area contributed by atoms with E-state index < -0.39 is 0 Å². The van der Waals surface area contributed by atoms with Crippen LogP contribution in [-0.4, -0.2) is 40.1 Å². The Balaban J connectivity index is 1.85. The second-order valence-corrected chi connectivity index (χ2v) is 5.23. The molecule has 0 aliphatic carbocycles. The third kappa shape index (κ3) is 2.24. The van der Waals surface area contributed by atoms with Gasteiger partial charge >= 0.3 is 0 Å². The third-order valence-electron chi connectivity index (χ3n) is 3.87. The number of likely N-dealkylation sites (tertiary alicyclic amines) is 1. The van der Waals surface area contributed by atoms with Crippen LogP contribution in [0.2, 0.25) is 0 Å². The van der Waals surface area contributed by atoms with Crippen LogP contribution in [0.5, 0.6) is 0 Å². The molecule has 0 bridgehead atoms. The highest BCUT2D eigenvalue weighted by Gasteiger charge is 2.25. The second kappa shape index (κ2) is 4.70. The molecule has 1 atom stereocenters. The molecule has 2 heterocycles. The molecule has 3 rings (SSSR count). The molecule has 4 nitrogen and oxygen atoms in total. The molecule has 1 unspecified atom stereocenters. The summed E-state index contributed by atoms with van der Waals surface area (Å²) in [4.78, 5) is 17.3. The van der Waals surface area contributed by atoms with Gasteiger partial charge in [0.15, 0.2) is 0 Å². The highest BCUT2D eigenvalue weighted by Crippen LogP contribution is 2.23. The Morgan fingerprint density at radius 3 is 3.00 bits per heavy atom. The van der Waals surface area contributed by atoms with E-state index in [-0.39, 0.29) is 12.0 Å². The van der Waals surface area contributed by atoms with Gasteiger partial charge in [-0.05, 0) is 25.0 Å². The summed E-state index contributed by atoms with van der Waals surface area (Å²) in [5.41, 5.74) is 3.19. The highest BCUT2D eigenvalue weighted by molar-refractivity contribution is 5.90. The summed E-state index contributed by atoms with van der Waals surface area (Å²) in [6.45, 7) is 3.14. The first-order valence-electron chi connectivity index (χ1n) is 6.67. The summed E-state index contributed by atoms with van der Waals surface area (Å²) in [7, 11) is 0. The van der Waals surface area contributed by atoms with Crippen LogP contribution in [0.4, 0.5) is 0 Å². The van der Waals surface area contributed by atoms with Crippen molar-refractivity contribution in [2.24, 2.45) is 0 Å². The lowest BCUT2D eigenvalue weighted by molar-refractivity contribution is -0.129. The van der Waals surface area contributed by atoms with Gasteiger partial charge in [-0.3, -0.25) is 4.79 Å². The number of rotatable bonds is 2. The number of benzene rings is 1. The van der Waals surface area contributed by atoms with E-state index in [2.05, 4.69) is 4.98 Å². The topological polar surface area (TPSA) is 56.3 Å². The SMILES string of the molecule is Cc1[nH]c2ccccc2c1CC(=O)N1CCC(O)C1. The molecule has 0 spiro atoms. The number of para-hydroxylation sites is 1. The first kappa shape index (κ1) is 12.2. The minimum Gasteiger partial charge on any atom is -0.391 e. The first-order valence-corrected chi connectivity index (χ1v) is 6.67. The molecule has 4 heteroatoms. The monoisotopic (exact) mass is 258 g/mol. The lowest BCUT2D eigenvalue weighted by atomic mass is 10.1. The van der Waals surface area contributed by atoms with Gasteiger partial charge in [0.25, 0.3) is 0 Å². The van der Waals surface area contributed by atoms with Gasteiger partial charge in [0.2, 0.25) is 5.91 Å². The molecule has 1 saturated heterocycles. The smallest absolute Gasteiger partial charge is 0.227 e.